The summed E-state index contributed by atoms with van der Waals surface area (Å²) in [5, 5.41) is 3.87. The van der Waals surface area contributed by atoms with E-state index >= 15 is 0 Å². The van der Waals surface area contributed by atoms with Gasteiger partial charge in [-0.25, -0.2) is 4.98 Å². The van der Waals surface area contributed by atoms with Gasteiger partial charge in [0.25, 0.3) is 0 Å². The molecule has 18 heavy (non-hydrogen) atoms. The third kappa shape index (κ3) is 2.05. The Kier molecular flexibility index (Phi) is 2.92. The second kappa shape index (κ2) is 4.72. The van der Waals surface area contributed by atoms with Crippen molar-refractivity contribution in [2.45, 2.75) is 38.0 Å². The molecule has 0 aliphatic heterocycles. The van der Waals surface area contributed by atoms with E-state index in [0.717, 1.165) is 25.7 Å². The van der Waals surface area contributed by atoms with E-state index in [1.165, 1.54) is 0 Å². The minimum absolute atomic E-state index is 0.210. The highest BCUT2D eigenvalue weighted by Gasteiger charge is 2.28. The maximum atomic E-state index is 12.0. The number of aromatic nitrogens is 4. The van der Waals surface area contributed by atoms with Gasteiger partial charge in [0.15, 0.2) is 5.82 Å². The normalized spacial score (nSPS) is 20.9. The van der Waals surface area contributed by atoms with Crippen LogP contribution in [0.2, 0.25) is 0 Å². The zero-order chi connectivity index (χ0) is 12.4. The maximum absolute atomic E-state index is 12.0. The van der Waals surface area contributed by atoms with Crippen LogP contribution in [0.1, 0.15) is 43.9 Å². The molecular formula is C12H14N4O2. The molecule has 2 aromatic heterocycles. The number of H-pyrrole nitrogens is 1. The van der Waals surface area contributed by atoms with Gasteiger partial charge in [-0.05, 0) is 12.8 Å². The number of Topliss-reactive ketones (excluding diaryl/α,β-unsaturated/α-hetero) is 1. The minimum atomic E-state index is -0.233. The summed E-state index contributed by atoms with van der Waals surface area (Å²) in [6.45, 7) is 0. The molecule has 2 heterocycles. The number of aromatic amines is 1. The van der Waals surface area contributed by atoms with Gasteiger partial charge in [-0.3, -0.25) is 4.79 Å². The lowest BCUT2D eigenvalue weighted by molar-refractivity contribution is -0.120. The molecule has 0 aromatic carbocycles. The smallest absolute Gasteiger partial charge is 0.238 e. The first-order valence-electron chi connectivity index (χ1n) is 6.20. The van der Waals surface area contributed by atoms with Crippen molar-refractivity contribution in [2.24, 2.45) is 0 Å². The number of rotatable bonds is 2. The highest BCUT2D eigenvalue weighted by molar-refractivity contribution is 5.84. The topological polar surface area (TPSA) is 84.7 Å². The molecule has 1 aliphatic rings. The van der Waals surface area contributed by atoms with Crippen LogP contribution in [-0.2, 0) is 4.79 Å². The van der Waals surface area contributed by atoms with Crippen LogP contribution in [0.3, 0.4) is 0 Å². The number of ketones is 1. The number of hydrogen-bond acceptors (Lipinski definition) is 5. The predicted molar refractivity (Wildman–Crippen MR) is 62.7 cm³/mol. The van der Waals surface area contributed by atoms with Crippen molar-refractivity contribution < 1.29 is 9.32 Å². The Balaban J connectivity index is 1.86. The summed E-state index contributed by atoms with van der Waals surface area (Å²) in [7, 11) is 0. The first kappa shape index (κ1) is 11.1. The van der Waals surface area contributed by atoms with Crippen molar-refractivity contribution >= 4 is 5.78 Å². The first-order valence-corrected chi connectivity index (χ1v) is 6.20. The molecule has 0 spiro atoms. The van der Waals surface area contributed by atoms with Crippen LogP contribution in [0, 0.1) is 0 Å². The van der Waals surface area contributed by atoms with Gasteiger partial charge in [0, 0.05) is 18.8 Å². The summed E-state index contributed by atoms with van der Waals surface area (Å²) in [6, 6.07) is 0. The molecule has 6 heteroatoms. The minimum Gasteiger partial charge on any atom is -0.342 e. The van der Waals surface area contributed by atoms with Gasteiger partial charge >= 0.3 is 0 Å². The summed E-state index contributed by atoms with van der Waals surface area (Å²) in [6.07, 6.45) is 7.84. The summed E-state index contributed by atoms with van der Waals surface area (Å²) in [5.41, 5.74) is 0. The molecule has 0 bridgehead atoms. The molecule has 0 amide bonds. The Hall–Kier alpha value is -1.98. The quantitative estimate of drug-likeness (QED) is 0.820. The average molecular weight is 246 g/mol. The number of hydrogen-bond donors (Lipinski definition) is 1. The molecule has 3 rings (SSSR count). The second-order valence-corrected chi connectivity index (χ2v) is 4.51. The Morgan fingerprint density at radius 1 is 1.33 bits per heavy atom. The lowest BCUT2D eigenvalue weighted by Crippen LogP contribution is -2.10. The van der Waals surface area contributed by atoms with Crippen LogP contribution in [0.4, 0.5) is 0 Å². The van der Waals surface area contributed by atoms with E-state index in [-0.39, 0.29) is 11.7 Å². The van der Waals surface area contributed by atoms with Crippen molar-refractivity contribution in [2.75, 3.05) is 0 Å². The molecular weight excluding hydrogens is 232 g/mol. The number of nitrogens with zero attached hydrogens (tertiary/aromatic N) is 3. The van der Waals surface area contributed by atoms with Crippen LogP contribution in [-0.4, -0.2) is 25.9 Å². The molecule has 94 valence electrons. The largest absolute Gasteiger partial charge is 0.342 e. The maximum Gasteiger partial charge on any atom is 0.238 e. The number of imidazole rings is 1. The van der Waals surface area contributed by atoms with Gasteiger partial charge in [-0.2, -0.15) is 4.98 Å². The van der Waals surface area contributed by atoms with Gasteiger partial charge < -0.3 is 9.51 Å². The molecule has 1 saturated carbocycles. The first-order chi connectivity index (χ1) is 8.84. The third-order valence-corrected chi connectivity index (χ3v) is 3.25. The third-order valence-electron chi connectivity index (χ3n) is 3.25. The lowest BCUT2D eigenvalue weighted by Gasteiger charge is -2.05. The van der Waals surface area contributed by atoms with Crippen LogP contribution in [0.15, 0.2) is 16.9 Å². The summed E-state index contributed by atoms with van der Waals surface area (Å²) in [4.78, 5) is 23.2. The van der Waals surface area contributed by atoms with Gasteiger partial charge in [0.2, 0.25) is 11.7 Å². The fourth-order valence-electron chi connectivity index (χ4n) is 2.28. The van der Waals surface area contributed by atoms with Gasteiger partial charge in [0.1, 0.15) is 5.78 Å². The Bertz CT molecular complexity index is 532. The van der Waals surface area contributed by atoms with E-state index in [1.807, 2.05) is 0 Å². The van der Waals surface area contributed by atoms with E-state index in [2.05, 4.69) is 20.1 Å². The van der Waals surface area contributed by atoms with Crippen LogP contribution >= 0.6 is 0 Å². The SMILES string of the molecule is O=C1CCCCCC1c1nc(-c2ncc[nH]2)no1. The van der Waals surface area contributed by atoms with Crippen LogP contribution in [0.25, 0.3) is 11.6 Å². The van der Waals surface area contributed by atoms with E-state index in [0.29, 0.717) is 24.0 Å². The van der Waals surface area contributed by atoms with Gasteiger partial charge in [-0.15, -0.1) is 0 Å². The second-order valence-electron chi connectivity index (χ2n) is 4.51. The number of carbonyl (C=O) groups excluding carboxylic acids is 1. The highest BCUT2D eigenvalue weighted by Crippen LogP contribution is 2.28. The summed E-state index contributed by atoms with van der Waals surface area (Å²) in [5.74, 6) is 1.37. The Labute approximate surface area is 104 Å². The van der Waals surface area contributed by atoms with Crippen molar-refractivity contribution in [1.82, 2.24) is 20.1 Å². The van der Waals surface area contributed by atoms with Crippen LogP contribution < -0.4 is 0 Å². The summed E-state index contributed by atoms with van der Waals surface area (Å²) < 4.78 is 5.21. The molecule has 6 nitrogen and oxygen atoms in total. The lowest BCUT2D eigenvalue weighted by atomic mass is 9.99. The predicted octanol–water partition coefficient (Wildman–Crippen LogP) is 2.08. The van der Waals surface area contributed by atoms with Gasteiger partial charge in [0.05, 0.1) is 5.92 Å². The standard InChI is InChI=1S/C12H14N4O2/c17-9-5-3-1-2-4-8(9)12-15-11(16-18-12)10-13-6-7-14-10/h6-8H,1-5H2,(H,13,14). The average Bonchev–Trinajstić information content (AvgIpc) is 3.00. The van der Waals surface area contributed by atoms with E-state index in [4.69, 9.17) is 4.52 Å². The molecule has 1 atom stereocenters. The molecule has 2 aromatic rings. The Morgan fingerprint density at radius 3 is 3.11 bits per heavy atom. The van der Waals surface area contributed by atoms with E-state index in [1.54, 1.807) is 12.4 Å². The Morgan fingerprint density at radius 2 is 2.28 bits per heavy atom. The molecule has 1 unspecified atom stereocenters. The van der Waals surface area contributed by atoms with Crippen molar-refractivity contribution in [3.63, 3.8) is 0 Å². The zero-order valence-electron chi connectivity index (χ0n) is 9.93. The fraction of sp³-hybridized carbons (Fsp3) is 0.500. The van der Waals surface area contributed by atoms with E-state index < -0.39 is 0 Å². The van der Waals surface area contributed by atoms with Crippen LogP contribution in [0.5, 0.6) is 0 Å². The highest BCUT2D eigenvalue weighted by atomic mass is 16.5. The fourth-order valence-corrected chi connectivity index (χ4v) is 2.28. The van der Waals surface area contributed by atoms with Crippen molar-refractivity contribution in [3.8, 4) is 11.6 Å². The molecule has 0 saturated heterocycles. The molecule has 1 aliphatic carbocycles. The summed E-state index contributed by atoms with van der Waals surface area (Å²) >= 11 is 0. The number of nitrogens with one attached hydrogen (secondary N) is 1. The monoisotopic (exact) mass is 246 g/mol. The van der Waals surface area contributed by atoms with E-state index in [9.17, 15) is 4.79 Å². The van der Waals surface area contributed by atoms with Gasteiger partial charge in [-0.1, -0.05) is 18.0 Å². The molecule has 0 radical (unpaired) electrons. The zero-order valence-corrected chi connectivity index (χ0v) is 9.93. The molecule has 1 fully saturated rings. The van der Waals surface area contributed by atoms with Crippen molar-refractivity contribution in [3.05, 3.63) is 18.3 Å². The van der Waals surface area contributed by atoms with Crippen molar-refractivity contribution in [1.29, 1.82) is 0 Å². The number of carbonyl (C=O) groups is 1. The molecule has 1 N–H and O–H groups in total.